The van der Waals surface area contributed by atoms with Gasteiger partial charge in [-0.15, -0.1) is 0 Å². The smallest absolute Gasteiger partial charge is 0.326 e. The van der Waals surface area contributed by atoms with Crippen LogP contribution in [0.5, 0.6) is 5.75 Å². The molecular weight excluding hydrogens is 340 g/mol. The van der Waals surface area contributed by atoms with Crippen LogP contribution in [0.2, 0.25) is 0 Å². The van der Waals surface area contributed by atoms with Crippen LogP contribution in [0, 0.1) is 5.92 Å². The quantitative estimate of drug-likeness (QED) is 0.706. The molecule has 26 heavy (non-hydrogen) atoms. The predicted molar refractivity (Wildman–Crippen MR) is 93.3 cm³/mol. The van der Waals surface area contributed by atoms with Gasteiger partial charge in [-0.2, -0.15) is 0 Å². The number of anilines is 1. The number of ketones is 1. The van der Waals surface area contributed by atoms with Crippen LogP contribution < -0.4 is 15.0 Å². The zero-order valence-electron chi connectivity index (χ0n) is 14.9. The number of carbonyl (C=O) groups excluding carboxylic acids is 3. The number of Topliss-reactive ketones (excluding diaryl/α,β-unsaturated/α-hetero) is 1. The second-order valence-electron chi connectivity index (χ2n) is 6.36. The lowest BCUT2D eigenvalue weighted by Gasteiger charge is -2.30. The molecule has 2 N–H and O–H groups in total. The highest BCUT2D eigenvalue weighted by atomic mass is 16.5. The van der Waals surface area contributed by atoms with Gasteiger partial charge in [0.05, 0.1) is 5.69 Å². The van der Waals surface area contributed by atoms with Crippen LogP contribution in [0.1, 0.15) is 37.6 Å². The predicted octanol–water partition coefficient (Wildman–Crippen LogP) is 1.23. The van der Waals surface area contributed by atoms with E-state index < -0.39 is 23.8 Å². The fourth-order valence-corrected chi connectivity index (χ4v) is 2.63. The molecule has 0 saturated heterocycles. The van der Waals surface area contributed by atoms with Gasteiger partial charge in [0, 0.05) is 12.0 Å². The topological polar surface area (TPSA) is 113 Å². The minimum atomic E-state index is -1.14. The summed E-state index contributed by atoms with van der Waals surface area (Å²) in [5.74, 6) is -2.19. The molecule has 1 heterocycles. The summed E-state index contributed by atoms with van der Waals surface area (Å²) in [7, 11) is 0. The zero-order chi connectivity index (χ0) is 19.4. The van der Waals surface area contributed by atoms with Gasteiger partial charge in [0.2, 0.25) is 5.91 Å². The number of amides is 2. The van der Waals surface area contributed by atoms with E-state index in [1.165, 1.54) is 11.0 Å². The maximum absolute atomic E-state index is 12.3. The lowest BCUT2D eigenvalue weighted by Crippen LogP contribution is -2.50. The fourth-order valence-electron chi connectivity index (χ4n) is 2.63. The molecule has 0 saturated carbocycles. The number of nitrogens with one attached hydrogen (secondary N) is 1. The van der Waals surface area contributed by atoms with Gasteiger partial charge in [-0.25, -0.2) is 4.79 Å². The van der Waals surface area contributed by atoms with Crippen molar-refractivity contribution in [1.29, 1.82) is 0 Å². The van der Waals surface area contributed by atoms with Crippen LogP contribution >= 0.6 is 0 Å². The lowest BCUT2D eigenvalue weighted by molar-refractivity contribution is -0.142. The number of aliphatic carboxylic acids is 1. The number of benzene rings is 1. The number of hydrogen-bond acceptors (Lipinski definition) is 5. The fraction of sp³-hybridized carbons (Fsp3) is 0.444. The molecule has 140 valence electrons. The Balaban J connectivity index is 2.24. The van der Waals surface area contributed by atoms with E-state index in [4.69, 9.17) is 4.74 Å². The number of hydrogen-bond donors (Lipinski definition) is 2. The van der Waals surface area contributed by atoms with Gasteiger partial charge >= 0.3 is 5.97 Å². The molecule has 0 fully saturated rings. The minimum absolute atomic E-state index is 0.0963. The van der Waals surface area contributed by atoms with E-state index in [1.54, 1.807) is 32.9 Å². The third kappa shape index (κ3) is 4.19. The summed E-state index contributed by atoms with van der Waals surface area (Å²) in [5, 5.41) is 11.6. The number of carbonyl (C=O) groups is 4. The summed E-state index contributed by atoms with van der Waals surface area (Å²) >= 11 is 0. The highest BCUT2D eigenvalue weighted by Crippen LogP contribution is 2.33. The molecule has 8 nitrogen and oxygen atoms in total. The molecule has 1 atom stereocenters. The van der Waals surface area contributed by atoms with E-state index in [0.29, 0.717) is 23.4 Å². The Kier molecular flexibility index (Phi) is 5.97. The number of carboxylic acid groups (broad SMARTS) is 1. The number of fused-ring (bicyclic) bond motifs is 1. The molecule has 0 radical (unpaired) electrons. The Hall–Kier alpha value is -2.90. The largest absolute Gasteiger partial charge is 0.482 e. The summed E-state index contributed by atoms with van der Waals surface area (Å²) in [4.78, 5) is 48.9. The van der Waals surface area contributed by atoms with Gasteiger partial charge in [-0.3, -0.25) is 19.3 Å². The molecule has 0 aromatic heterocycles. The highest BCUT2D eigenvalue weighted by Gasteiger charge is 2.30. The molecule has 1 aromatic carbocycles. The van der Waals surface area contributed by atoms with Crippen molar-refractivity contribution < 1.29 is 29.0 Å². The van der Waals surface area contributed by atoms with Gasteiger partial charge in [0.1, 0.15) is 18.3 Å². The first kappa shape index (κ1) is 19.4. The van der Waals surface area contributed by atoms with Crippen LogP contribution in [0.15, 0.2) is 18.2 Å². The monoisotopic (exact) mass is 362 g/mol. The molecule has 0 spiro atoms. The molecule has 1 aliphatic heterocycles. The minimum Gasteiger partial charge on any atom is -0.482 e. The van der Waals surface area contributed by atoms with Gasteiger partial charge in [0.15, 0.2) is 12.4 Å². The maximum Gasteiger partial charge on any atom is 0.326 e. The summed E-state index contributed by atoms with van der Waals surface area (Å²) in [6.45, 7) is 4.50. The highest BCUT2D eigenvalue weighted by molar-refractivity contribution is 6.04. The molecular formula is C18H22N2O6. The van der Waals surface area contributed by atoms with E-state index in [9.17, 15) is 24.3 Å². The number of ether oxygens (including phenoxy) is 1. The summed E-state index contributed by atoms with van der Waals surface area (Å²) in [5.41, 5.74) is 0.743. The van der Waals surface area contributed by atoms with E-state index >= 15 is 0 Å². The second-order valence-corrected chi connectivity index (χ2v) is 6.36. The van der Waals surface area contributed by atoms with Crippen LogP contribution in [0.3, 0.4) is 0 Å². The molecule has 1 aromatic rings. The molecule has 2 rings (SSSR count). The molecule has 0 aliphatic carbocycles. The molecule has 2 amide bonds. The average Bonchev–Trinajstić information content (AvgIpc) is 2.60. The average molecular weight is 362 g/mol. The molecule has 8 heteroatoms. The molecule has 0 bridgehead atoms. The van der Waals surface area contributed by atoms with Gasteiger partial charge in [0.25, 0.3) is 5.91 Å². The van der Waals surface area contributed by atoms with Crippen molar-refractivity contribution in [3.63, 3.8) is 0 Å². The van der Waals surface area contributed by atoms with Crippen LogP contribution in [0.4, 0.5) is 5.69 Å². The standard InChI is InChI=1S/C18H22N2O6/c1-4-13(21)11-5-6-14-12(7-11)20(16(23)9-26-14)8-15(22)19-17(10(2)3)18(24)25/h5-7,10,17H,4,8-9H2,1-3H3,(H,19,22)(H,24,25). The Bertz CT molecular complexity index is 743. The lowest BCUT2D eigenvalue weighted by atomic mass is 10.0. The summed E-state index contributed by atoms with van der Waals surface area (Å²) in [6.07, 6.45) is 0.308. The number of carboxylic acids is 1. The number of nitrogens with zero attached hydrogens (tertiary/aromatic N) is 1. The van der Waals surface area contributed by atoms with Crippen molar-refractivity contribution in [2.24, 2.45) is 5.92 Å². The first-order valence-electron chi connectivity index (χ1n) is 8.37. The van der Waals surface area contributed by atoms with Crippen molar-refractivity contribution in [3.8, 4) is 5.75 Å². The van der Waals surface area contributed by atoms with E-state index in [0.717, 1.165) is 0 Å². The third-order valence-corrected chi connectivity index (χ3v) is 4.10. The molecule has 1 aliphatic rings. The Morgan fingerprint density at radius 2 is 2.00 bits per heavy atom. The molecule has 1 unspecified atom stereocenters. The number of rotatable bonds is 7. The first-order chi connectivity index (χ1) is 12.2. The normalized spacial score (nSPS) is 14.5. The van der Waals surface area contributed by atoms with Crippen molar-refractivity contribution in [2.75, 3.05) is 18.1 Å². The van der Waals surface area contributed by atoms with E-state index in [1.807, 2.05) is 0 Å². The maximum atomic E-state index is 12.3. The zero-order valence-corrected chi connectivity index (χ0v) is 14.9. The Labute approximate surface area is 151 Å². The van der Waals surface area contributed by atoms with E-state index in [-0.39, 0.29) is 24.9 Å². The second kappa shape index (κ2) is 7.99. The van der Waals surface area contributed by atoms with Crippen molar-refractivity contribution in [1.82, 2.24) is 5.32 Å². The summed E-state index contributed by atoms with van der Waals surface area (Å²) in [6, 6.07) is 3.66. The van der Waals surface area contributed by atoms with Crippen molar-refractivity contribution in [2.45, 2.75) is 33.2 Å². The van der Waals surface area contributed by atoms with Crippen LogP contribution in [0.25, 0.3) is 0 Å². The Morgan fingerprint density at radius 3 is 2.58 bits per heavy atom. The third-order valence-electron chi connectivity index (χ3n) is 4.10. The van der Waals surface area contributed by atoms with Crippen molar-refractivity contribution in [3.05, 3.63) is 23.8 Å². The van der Waals surface area contributed by atoms with Crippen LogP contribution in [-0.4, -0.2) is 47.9 Å². The van der Waals surface area contributed by atoms with E-state index in [2.05, 4.69) is 5.32 Å². The van der Waals surface area contributed by atoms with Gasteiger partial charge in [-0.1, -0.05) is 20.8 Å². The van der Waals surface area contributed by atoms with Gasteiger partial charge in [-0.05, 0) is 24.1 Å². The first-order valence-corrected chi connectivity index (χ1v) is 8.37. The SMILES string of the molecule is CCC(=O)c1ccc2c(c1)N(CC(=O)NC(C(=O)O)C(C)C)C(=O)CO2. The van der Waals surface area contributed by atoms with Gasteiger partial charge < -0.3 is 15.2 Å². The summed E-state index contributed by atoms with van der Waals surface area (Å²) < 4.78 is 5.35. The van der Waals surface area contributed by atoms with Crippen molar-refractivity contribution >= 4 is 29.3 Å². The van der Waals surface area contributed by atoms with Crippen LogP contribution in [-0.2, 0) is 14.4 Å². The Morgan fingerprint density at radius 1 is 1.31 bits per heavy atom.